The van der Waals surface area contributed by atoms with Crippen molar-refractivity contribution in [1.82, 2.24) is 4.57 Å². The molecule has 0 aliphatic carbocycles. The predicted octanol–water partition coefficient (Wildman–Crippen LogP) is 5.58. The molecular formula is C26H25NO4S. The molecule has 0 aliphatic heterocycles. The summed E-state index contributed by atoms with van der Waals surface area (Å²) in [7, 11) is 1.63. The van der Waals surface area contributed by atoms with Gasteiger partial charge in [0.05, 0.1) is 19.1 Å². The summed E-state index contributed by atoms with van der Waals surface area (Å²) in [5.41, 5.74) is 3.92. The van der Waals surface area contributed by atoms with Gasteiger partial charge in [0.15, 0.2) is 0 Å². The van der Waals surface area contributed by atoms with Crippen molar-refractivity contribution in [1.29, 1.82) is 0 Å². The first kappa shape index (κ1) is 21.8. The number of rotatable bonds is 6. The highest BCUT2D eigenvalue weighted by Crippen LogP contribution is 2.37. The number of benzene rings is 2. The van der Waals surface area contributed by atoms with Crippen molar-refractivity contribution in [2.75, 3.05) is 13.7 Å². The average molecular weight is 448 g/mol. The number of carbonyl (C=O) groups excluding carboxylic acids is 1. The number of pyridine rings is 1. The summed E-state index contributed by atoms with van der Waals surface area (Å²) in [5, 5.41) is 0.568. The van der Waals surface area contributed by atoms with Gasteiger partial charge in [-0.1, -0.05) is 29.8 Å². The third kappa shape index (κ3) is 4.06. The van der Waals surface area contributed by atoms with Crippen molar-refractivity contribution in [3.8, 4) is 16.2 Å². The summed E-state index contributed by atoms with van der Waals surface area (Å²) in [6.07, 6.45) is 1.64. The van der Waals surface area contributed by atoms with Crippen molar-refractivity contribution in [2.24, 2.45) is 0 Å². The molecule has 0 radical (unpaired) electrons. The fourth-order valence-electron chi connectivity index (χ4n) is 3.76. The second-order valence-corrected chi connectivity index (χ2v) is 8.67. The van der Waals surface area contributed by atoms with Crippen LogP contribution in [0.15, 0.2) is 59.5 Å². The smallest absolute Gasteiger partial charge is 0.343 e. The van der Waals surface area contributed by atoms with E-state index in [0.717, 1.165) is 32.1 Å². The molecule has 0 saturated heterocycles. The quantitative estimate of drug-likeness (QED) is 0.362. The Kier molecular flexibility index (Phi) is 6.15. The minimum Gasteiger partial charge on any atom is -0.497 e. The van der Waals surface area contributed by atoms with Gasteiger partial charge in [-0.3, -0.25) is 4.79 Å². The van der Waals surface area contributed by atoms with E-state index in [0.29, 0.717) is 11.9 Å². The van der Waals surface area contributed by atoms with Gasteiger partial charge >= 0.3 is 5.97 Å². The molecule has 164 valence electrons. The van der Waals surface area contributed by atoms with Gasteiger partial charge in [0, 0.05) is 17.6 Å². The zero-order valence-corrected chi connectivity index (χ0v) is 19.4. The molecule has 0 aliphatic rings. The van der Waals surface area contributed by atoms with E-state index >= 15 is 0 Å². The molecular weight excluding hydrogens is 422 g/mol. The van der Waals surface area contributed by atoms with Crippen LogP contribution in [0.1, 0.15) is 34.0 Å². The largest absolute Gasteiger partial charge is 0.497 e. The molecule has 0 saturated carbocycles. The first-order valence-corrected chi connectivity index (χ1v) is 11.3. The Bertz CT molecular complexity index is 1330. The minimum absolute atomic E-state index is 0.0636. The highest BCUT2D eigenvalue weighted by molar-refractivity contribution is 7.22. The van der Waals surface area contributed by atoms with Gasteiger partial charge < -0.3 is 14.0 Å². The van der Waals surface area contributed by atoms with Gasteiger partial charge in [-0.2, -0.15) is 0 Å². The number of ether oxygens (including phenoxy) is 2. The molecule has 0 fully saturated rings. The number of thiophene rings is 1. The van der Waals surface area contributed by atoms with Gasteiger partial charge in [-0.25, -0.2) is 4.79 Å². The van der Waals surface area contributed by atoms with E-state index in [9.17, 15) is 9.59 Å². The number of methoxy groups -OCH3 is 1. The van der Waals surface area contributed by atoms with Crippen LogP contribution < -0.4 is 10.2 Å². The van der Waals surface area contributed by atoms with Crippen LogP contribution in [-0.4, -0.2) is 24.3 Å². The van der Waals surface area contributed by atoms with E-state index in [1.54, 1.807) is 31.6 Å². The maximum atomic E-state index is 13.3. The van der Waals surface area contributed by atoms with Crippen LogP contribution in [0.5, 0.6) is 5.75 Å². The molecule has 0 amide bonds. The summed E-state index contributed by atoms with van der Waals surface area (Å²) >= 11 is 1.56. The molecule has 6 heteroatoms. The summed E-state index contributed by atoms with van der Waals surface area (Å²) in [6.45, 7) is 6.48. The lowest BCUT2D eigenvalue weighted by Gasteiger charge is -2.11. The first-order valence-electron chi connectivity index (χ1n) is 10.5. The Balaban J connectivity index is 1.93. The summed E-state index contributed by atoms with van der Waals surface area (Å²) in [4.78, 5) is 27.7. The number of hydrogen-bond donors (Lipinski definition) is 0. The van der Waals surface area contributed by atoms with Crippen molar-refractivity contribution in [2.45, 2.75) is 27.3 Å². The van der Waals surface area contributed by atoms with Crippen molar-refractivity contribution in [3.63, 3.8) is 0 Å². The molecule has 0 atom stereocenters. The van der Waals surface area contributed by atoms with Gasteiger partial charge in [0.1, 0.15) is 16.1 Å². The van der Waals surface area contributed by atoms with Crippen LogP contribution >= 0.6 is 11.3 Å². The Hall–Kier alpha value is -3.38. The van der Waals surface area contributed by atoms with Crippen molar-refractivity contribution in [3.05, 3.63) is 87.2 Å². The molecule has 32 heavy (non-hydrogen) atoms. The number of fused-ring (bicyclic) bond motifs is 1. The third-order valence-corrected chi connectivity index (χ3v) is 6.84. The fourth-order valence-corrected chi connectivity index (χ4v) is 5.04. The van der Waals surface area contributed by atoms with Crippen LogP contribution in [0, 0.1) is 13.8 Å². The molecule has 0 unspecified atom stereocenters. The monoisotopic (exact) mass is 447 g/mol. The highest BCUT2D eigenvalue weighted by Gasteiger charge is 2.22. The normalized spacial score (nSPS) is 11.0. The van der Waals surface area contributed by atoms with E-state index < -0.39 is 5.97 Å². The zero-order valence-electron chi connectivity index (χ0n) is 18.6. The van der Waals surface area contributed by atoms with Crippen molar-refractivity contribution < 1.29 is 14.3 Å². The van der Waals surface area contributed by atoms with Crippen LogP contribution in [0.25, 0.3) is 20.7 Å². The molecule has 0 spiro atoms. The highest BCUT2D eigenvalue weighted by atomic mass is 32.1. The second-order valence-electron chi connectivity index (χ2n) is 7.67. The van der Waals surface area contributed by atoms with Crippen LogP contribution in [0.4, 0.5) is 0 Å². The SMILES string of the molecule is CCOC(=O)c1cn(Cc2ccc(C)cc2)c2sc(-c3ccc(OC)cc3)c(C)c2c1=O. The number of aryl methyl sites for hydroxylation is 2. The number of carbonyl (C=O) groups is 1. The Morgan fingerprint density at radius 1 is 1.03 bits per heavy atom. The lowest BCUT2D eigenvalue weighted by Crippen LogP contribution is -2.20. The predicted molar refractivity (Wildman–Crippen MR) is 129 cm³/mol. The van der Waals surface area contributed by atoms with Gasteiger partial charge in [0.25, 0.3) is 0 Å². The molecule has 4 rings (SSSR count). The third-order valence-electron chi connectivity index (χ3n) is 5.47. The Morgan fingerprint density at radius 2 is 1.72 bits per heavy atom. The molecule has 4 aromatic rings. The standard InChI is InChI=1S/C26H25NO4S/c1-5-31-26(29)21-15-27(14-18-8-6-16(2)7-9-18)25-22(23(21)28)17(3)24(32-25)19-10-12-20(30-4)13-11-19/h6-13,15H,5,14H2,1-4H3. The van der Waals surface area contributed by atoms with Crippen LogP contribution in [-0.2, 0) is 11.3 Å². The Labute approximate surface area is 190 Å². The van der Waals surface area contributed by atoms with Crippen LogP contribution in [0.3, 0.4) is 0 Å². The zero-order chi connectivity index (χ0) is 22.8. The molecule has 2 aromatic carbocycles. The summed E-state index contributed by atoms with van der Waals surface area (Å²) in [5.74, 6) is 0.185. The van der Waals surface area contributed by atoms with E-state index in [1.165, 1.54) is 5.56 Å². The average Bonchev–Trinajstić information content (AvgIpc) is 3.15. The van der Waals surface area contributed by atoms with Gasteiger partial charge in [-0.15, -0.1) is 11.3 Å². The van der Waals surface area contributed by atoms with E-state index in [2.05, 4.69) is 24.3 Å². The Morgan fingerprint density at radius 3 is 2.34 bits per heavy atom. The lowest BCUT2D eigenvalue weighted by molar-refractivity contribution is 0.0524. The summed E-state index contributed by atoms with van der Waals surface area (Å²) in [6, 6.07) is 16.0. The topological polar surface area (TPSA) is 57.5 Å². The number of aromatic nitrogens is 1. The van der Waals surface area contributed by atoms with E-state index in [4.69, 9.17) is 9.47 Å². The van der Waals surface area contributed by atoms with Crippen molar-refractivity contribution >= 4 is 27.5 Å². The molecule has 0 bridgehead atoms. The molecule has 0 N–H and O–H groups in total. The molecule has 2 heterocycles. The number of esters is 1. The van der Waals surface area contributed by atoms with Crippen LogP contribution in [0.2, 0.25) is 0 Å². The van der Waals surface area contributed by atoms with Gasteiger partial charge in [0.2, 0.25) is 5.43 Å². The van der Waals surface area contributed by atoms with E-state index in [1.807, 2.05) is 42.7 Å². The number of nitrogens with zero attached hydrogens (tertiary/aromatic N) is 1. The maximum Gasteiger partial charge on any atom is 0.343 e. The fraction of sp³-hybridized carbons (Fsp3) is 0.231. The maximum absolute atomic E-state index is 13.3. The first-order chi connectivity index (χ1) is 15.4. The minimum atomic E-state index is -0.589. The molecule has 2 aromatic heterocycles. The lowest BCUT2D eigenvalue weighted by atomic mass is 10.1. The van der Waals surface area contributed by atoms with Gasteiger partial charge in [-0.05, 0) is 61.7 Å². The number of hydrogen-bond acceptors (Lipinski definition) is 5. The second kappa shape index (κ2) is 9.01. The summed E-state index contributed by atoms with van der Waals surface area (Å²) < 4.78 is 12.4. The van der Waals surface area contributed by atoms with E-state index in [-0.39, 0.29) is 17.6 Å². The molecule has 5 nitrogen and oxygen atoms in total.